The van der Waals surface area contributed by atoms with E-state index in [2.05, 4.69) is 15.3 Å². The van der Waals surface area contributed by atoms with Crippen LogP contribution in [0.4, 0.5) is 0 Å². The van der Waals surface area contributed by atoms with Crippen molar-refractivity contribution >= 4 is 0 Å². The highest BCUT2D eigenvalue weighted by Gasteiger charge is 2.12. The lowest BCUT2D eigenvalue weighted by Gasteiger charge is -2.22. The van der Waals surface area contributed by atoms with Gasteiger partial charge in [0.15, 0.2) is 0 Å². The Labute approximate surface area is 96.4 Å². The molecule has 1 N–H and O–H groups in total. The van der Waals surface area contributed by atoms with E-state index in [-0.39, 0.29) is 0 Å². The van der Waals surface area contributed by atoms with Gasteiger partial charge in [-0.25, -0.2) is 0 Å². The fraction of sp³-hybridized carbons (Fsp3) is 0.667. The van der Waals surface area contributed by atoms with Gasteiger partial charge in [-0.05, 0) is 32.2 Å². The number of aryl methyl sites for hydroxylation is 1. The number of hydrogen-bond donors (Lipinski definition) is 1. The lowest BCUT2D eigenvalue weighted by Crippen LogP contribution is -2.27. The first kappa shape index (κ1) is 11.5. The van der Waals surface area contributed by atoms with Crippen LogP contribution in [0.1, 0.15) is 24.2 Å². The fourth-order valence-electron chi connectivity index (χ4n) is 1.87. The van der Waals surface area contributed by atoms with Crippen molar-refractivity contribution in [2.24, 2.45) is 5.92 Å². The molecule has 0 aromatic carbocycles. The molecule has 0 amide bonds. The summed E-state index contributed by atoms with van der Waals surface area (Å²) in [5.41, 5.74) is 1.98. The van der Waals surface area contributed by atoms with E-state index in [1.54, 1.807) is 0 Å². The van der Waals surface area contributed by atoms with E-state index >= 15 is 0 Å². The fourth-order valence-corrected chi connectivity index (χ4v) is 1.87. The molecule has 1 saturated heterocycles. The zero-order valence-electron chi connectivity index (χ0n) is 9.78. The molecule has 2 heterocycles. The number of aromatic nitrogens is 2. The molecule has 1 aromatic rings. The highest BCUT2D eigenvalue weighted by atomic mass is 16.5. The SMILES string of the molecule is Cc1cnc(CNCC2CCOCC2)cn1. The van der Waals surface area contributed by atoms with Crippen LogP contribution in [-0.4, -0.2) is 29.7 Å². The van der Waals surface area contributed by atoms with Gasteiger partial charge in [-0.15, -0.1) is 0 Å². The summed E-state index contributed by atoms with van der Waals surface area (Å²) >= 11 is 0. The number of rotatable bonds is 4. The Kier molecular flexibility index (Phi) is 4.25. The van der Waals surface area contributed by atoms with Crippen LogP contribution in [0.15, 0.2) is 12.4 Å². The first-order valence-corrected chi connectivity index (χ1v) is 5.90. The Morgan fingerprint density at radius 3 is 2.81 bits per heavy atom. The summed E-state index contributed by atoms with van der Waals surface area (Å²) in [6, 6.07) is 0. The lowest BCUT2D eigenvalue weighted by atomic mass is 10.0. The van der Waals surface area contributed by atoms with Crippen molar-refractivity contribution in [2.75, 3.05) is 19.8 Å². The third-order valence-corrected chi connectivity index (χ3v) is 2.91. The van der Waals surface area contributed by atoms with E-state index in [1.165, 1.54) is 12.8 Å². The predicted molar refractivity (Wildman–Crippen MR) is 62.0 cm³/mol. The highest BCUT2D eigenvalue weighted by molar-refractivity contribution is 5.00. The van der Waals surface area contributed by atoms with Gasteiger partial charge in [0, 0.05) is 32.2 Å². The molecule has 16 heavy (non-hydrogen) atoms. The second-order valence-corrected chi connectivity index (χ2v) is 4.34. The maximum absolute atomic E-state index is 5.33. The predicted octanol–water partition coefficient (Wildman–Crippen LogP) is 1.30. The van der Waals surface area contributed by atoms with Crippen molar-refractivity contribution in [3.8, 4) is 0 Å². The molecule has 0 atom stereocenters. The monoisotopic (exact) mass is 221 g/mol. The quantitative estimate of drug-likeness (QED) is 0.832. The Hall–Kier alpha value is -1.00. The van der Waals surface area contributed by atoms with Gasteiger partial charge in [0.25, 0.3) is 0 Å². The lowest BCUT2D eigenvalue weighted by molar-refractivity contribution is 0.0662. The molecular formula is C12H19N3O. The smallest absolute Gasteiger partial charge is 0.0724 e. The summed E-state index contributed by atoms with van der Waals surface area (Å²) in [5.74, 6) is 0.757. The summed E-state index contributed by atoms with van der Waals surface area (Å²) in [4.78, 5) is 8.53. The van der Waals surface area contributed by atoms with Crippen LogP contribution in [-0.2, 0) is 11.3 Å². The topological polar surface area (TPSA) is 47.0 Å². The van der Waals surface area contributed by atoms with Crippen molar-refractivity contribution in [3.05, 3.63) is 23.8 Å². The molecule has 0 unspecified atom stereocenters. The van der Waals surface area contributed by atoms with Crippen LogP contribution < -0.4 is 5.32 Å². The average molecular weight is 221 g/mol. The van der Waals surface area contributed by atoms with E-state index in [0.717, 1.165) is 43.6 Å². The van der Waals surface area contributed by atoms with Crippen LogP contribution >= 0.6 is 0 Å². The van der Waals surface area contributed by atoms with Gasteiger partial charge in [0.1, 0.15) is 0 Å². The third-order valence-electron chi connectivity index (χ3n) is 2.91. The number of nitrogens with one attached hydrogen (secondary N) is 1. The summed E-state index contributed by atoms with van der Waals surface area (Å²) < 4.78 is 5.33. The Morgan fingerprint density at radius 2 is 2.12 bits per heavy atom. The normalized spacial score (nSPS) is 17.6. The van der Waals surface area contributed by atoms with Crippen LogP contribution in [0.3, 0.4) is 0 Å². The first-order valence-electron chi connectivity index (χ1n) is 5.90. The highest BCUT2D eigenvalue weighted by Crippen LogP contribution is 2.13. The standard InChI is InChI=1S/C12H19N3O/c1-10-6-15-12(9-14-10)8-13-7-11-2-4-16-5-3-11/h6,9,11,13H,2-5,7-8H2,1H3. The largest absolute Gasteiger partial charge is 0.381 e. The summed E-state index contributed by atoms with van der Waals surface area (Å²) in [6.07, 6.45) is 6.00. The molecule has 1 aliphatic heterocycles. The van der Waals surface area contributed by atoms with Crippen molar-refractivity contribution in [3.63, 3.8) is 0 Å². The van der Waals surface area contributed by atoms with Crippen molar-refractivity contribution in [1.29, 1.82) is 0 Å². The van der Waals surface area contributed by atoms with E-state index in [9.17, 15) is 0 Å². The summed E-state index contributed by atoms with van der Waals surface area (Å²) in [5, 5.41) is 3.43. The van der Waals surface area contributed by atoms with Crippen molar-refractivity contribution in [2.45, 2.75) is 26.3 Å². The minimum absolute atomic E-state index is 0.757. The molecular weight excluding hydrogens is 202 g/mol. The molecule has 0 radical (unpaired) electrons. The minimum Gasteiger partial charge on any atom is -0.381 e. The molecule has 2 rings (SSSR count). The van der Waals surface area contributed by atoms with Crippen LogP contribution in [0.5, 0.6) is 0 Å². The molecule has 1 fully saturated rings. The molecule has 1 aliphatic rings. The van der Waals surface area contributed by atoms with Crippen LogP contribution in [0.25, 0.3) is 0 Å². The van der Waals surface area contributed by atoms with Crippen molar-refractivity contribution in [1.82, 2.24) is 15.3 Å². The first-order chi connectivity index (χ1) is 7.84. The van der Waals surface area contributed by atoms with Gasteiger partial charge in [-0.3, -0.25) is 9.97 Å². The number of nitrogens with zero attached hydrogens (tertiary/aromatic N) is 2. The zero-order valence-corrected chi connectivity index (χ0v) is 9.78. The van der Waals surface area contributed by atoms with Gasteiger partial charge in [-0.2, -0.15) is 0 Å². The molecule has 4 heteroatoms. The second kappa shape index (κ2) is 5.92. The van der Waals surface area contributed by atoms with Crippen LogP contribution in [0, 0.1) is 12.8 Å². The molecule has 0 aliphatic carbocycles. The number of hydrogen-bond acceptors (Lipinski definition) is 4. The Bertz CT molecular complexity index is 307. The Morgan fingerprint density at radius 1 is 1.31 bits per heavy atom. The van der Waals surface area contributed by atoms with Crippen molar-refractivity contribution < 1.29 is 4.74 Å². The molecule has 0 spiro atoms. The molecule has 4 nitrogen and oxygen atoms in total. The van der Waals surface area contributed by atoms with E-state index in [1.807, 2.05) is 19.3 Å². The molecule has 88 valence electrons. The van der Waals surface area contributed by atoms with Crippen LogP contribution in [0.2, 0.25) is 0 Å². The van der Waals surface area contributed by atoms with Gasteiger partial charge in [0.2, 0.25) is 0 Å². The zero-order chi connectivity index (χ0) is 11.2. The maximum Gasteiger partial charge on any atom is 0.0724 e. The Balaban J connectivity index is 1.69. The van der Waals surface area contributed by atoms with Gasteiger partial charge >= 0.3 is 0 Å². The van der Waals surface area contributed by atoms with E-state index < -0.39 is 0 Å². The average Bonchev–Trinajstić information content (AvgIpc) is 2.33. The molecule has 1 aromatic heterocycles. The van der Waals surface area contributed by atoms with Gasteiger partial charge < -0.3 is 10.1 Å². The second-order valence-electron chi connectivity index (χ2n) is 4.34. The summed E-state index contributed by atoms with van der Waals surface area (Å²) in [7, 11) is 0. The van der Waals surface area contributed by atoms with E-state index in [0.29, 0.717) is 0 Å². The number of ether oxygens (including phenoxy) is 1. The van der Waals surface area contributed by atoms with Gasteiger partial charge in [0.05, 0.1) is 11.4 Å². The maximum atomic E-state index is 5.33. The molecule has 0 bridgehead atoms. The third kappa shape index (κ3) is 3.54. The summed E-state index contributed by atoms with van der Waals surface area (Å²) in [6.45, 7) is 5.64. The minimum atomic E-state index is 0.757. The van der Waals surface area contributed by atoms with Gasteiger partial charge in [-0.1, -0.05) is 0 Å². The van der Waals surface area contributed by atoms with E-state index in [4.69, 9.17) is 4.74 Å². The molecule has 0 saturated carbocycles.